The summed E-state index contributed by atoms with van der Waals surface area (Å²) in [6.45, 7) is 0. The van der Waals surface area contributed by atoms with E-state index in [1.807, 2.05) is 6.07 Å². The van der Waals surface area contributed by atoms with Gasteiger partial charge in [-0.15, -0.1) is 0 Å². The zero-order valence-corrected chi connectivity index (χ0v) is 8.92. The molecule has 0 radical (unpaired) electrons. The second-order valence-corrected chi connectivity index (χ2v) is 3.83. The molecular formula is C12H10N2O3. The van der Waals surface area contributed by atoms with E-state index in [1.165, 1.54) is 0 Å². The minimum absolute atomic E-state index is 0.00181. The first-order valence-corrected chi connectivity index (χ1v) is 5.12. The van der Waals surface area contributed by atoms with E-state index in [9.17, 15) is 9.59 Å². The molecule has 0 aromatic heterocycles. The number of ether oxygens (including phenoxy) is 1. The fourth-order valence-electron chi connectivity index (χ4n) is 1.98. The van der Waals surface area contributed by atoms with Crippen LogP contribution in [0.4, 0.5) is 0 Å². The van der Waals surface area contributed by atoms with Crippen molar-refractivity contribution in [2.24, 2.45) is 11.7 Å². The number of nitrogens with two attached hydrogens (primary N) is 1. The average molecular weight is 230 g/mol. The molecule has 86 valence electrons. The van der Waals surface area contributed by atoms with Gasteiger partial charge >= 0.3 is 5.97 Å². The predicted molar refractivity (Wildman–Crippen MR) is 57.7 cm³/mol. The van der Waals surface area contributed by atoms with Crippen molar-refractivity contribution in [3.63, 3.8) is 0 Å². The van der Waals surface area contributed by atoms with Gasteiger partial charge in [-0.25, -0.2) is 0 Å². The van der Waals surface area contributed by atoms with Crippen LogP contribution in [0.25, 0.3) is 0 Å². The summed E-state index contributed by atoms with van der Waals surface area (Å²) in [7, 11) is 0. The van der Waals surface area contributed by atoms with Gasteiger partial charge in [-0.05, 0) is 6.07 Å². The Morgan fingerprint density at radius 2 is 2.24 bits per heavy atom. The molecule has 1 aliphatic heterocycles. The van der Waals surface area contributed by atoms with Gasteiger partial charge < -0.3 is 10.5 Å². The third-order valence-corrected chi connectivity index (χ3v) is 2.78. The summed E-state index contributed by atoms with van der Waals surface area (Å²) < 4.78 is 5.04. The number of carbonyl (C=O) groups is 2. The van der Waals surface area contributed by atoms with Crippen molar-refractivity contribution in [3.05, 3.63) is 29.8 Å². The van der Waals surface area contributed by atoms with Crippen LogP contribution in [0.3, 0.4) is 0 Å². The number of amides is 1. The van der Waals surface area contributed by atoms with Crippen LogP contribution in [0, 0.1) is 17.2 Å². The Kier molecular flexibility index (Phi) is 2.79. The van der Waals surface area contributed by atoms with Gasteiger partial charge in [0.2, 0.25) is 5.91 Å². The highest BCUT2D eigenvalue weighted by Crippen LogP contribution is 2.38. The zero-order valence-electron chi connectivity index (χ0n) is 8.92. The number of rotatable bonds is 2. The van der Waals surface area contributed by atoms with E-state index in [2.05, 4.69) is 0 Å². The maximum absolute atomic E-state index is 11.4. The molecule has 0 bridgehead atoms. The van der Waals surface area contributed by atoms with Crippen LogP contribution in [0.1, 0.15) is 17.9 Å². The van der Waals surface area contributed by atoms with Crippen molar-refractivity contribution in [1.82, 2.24) is 0 Å². The fraction of sp³-hybridized carbons (Fsp3) is 0.250. The van der Waals surface area contributed by atoms with Gasteiger partial charge in [0.25, 0.3) is 0 Å². The van der Waals surface area contributed by atoms with Crippen LogP contribution in [0.15, 0.2) is 24.3 Å². The lowest BCUT2D eigenvalue weighted by Gasteiger charge is -2.25. The second kappa shape index (κ2) is 4.26. The van der Waals surface area contributed by atoms with Gasteiger partial charge in [0.15, 0.2) is 0 Å². The van der Waals surface area contributed by atoms with Gasteiger partial charge in [-0.3, -0.25) is 9.59 Å². The largest absolute Gasteiger partial charge is 0.426 e. The molecule has 5 nitrogen and oxygen atoms in total. The molecule has 2 N–H and O–H groups in total. The molecule has 1 aromatic rings. The maximum atomic E-state index is 11.4. The summed E-state index contributed by atoms with van der Waals surface area (Å²) in [4.78, 5) is 22.6. The van der Waals surface area contributed by atoms with Gasteiger partial charge in [0, 0.05) is 11.5 Å². The Balaban J connectivity index is 2.46. The summed E-state index contributed by atoms with van der Waals surface area (Å²) >= 11 is 0. The SMILES string of the molecule is N#C[C@H](C(N)=O)[C@@H]1CC(=O)Oc2ccccc21. The number of esters is 1. The van der Waals surface area contributed by atoms with Gasteiger partial charge in [-0.1, -0.05) is 18.2 Å². The monoisotopic (exact) mass is 230 g/mol. The fourth-order valence-corrected chi connectivity index (χ4v) is 1.98. The molecule has 2 atom stereocenters. The summed E-state index contributed by atoms with van der Waals surface area (Å²) in [6, 6.07) is 8.71. The Hall–Kier alpha value is -2.35. The van der Waals surface area contributed by atoms with E-state index in [0.29, 0.717) is 11.3 Å². The number of carbonyl (C=O) groups excluding carboxylic acids is 2. The molecule has 1 heterocycles. The molecule has 2 rings (SSSR count). The van der Waals surface area contributed by atoms with Crippen LogP contribution in [0.5, 0.6) is 5.75 Å². The smallest absolute Gasteiger partial charge is 0.311 e. The third-order valence-electron chi connectivity index (χ3n) is 2.78. The van der Waals surface area contributed by atoms with Crippen LogP contribution < -0.4 is 10.5 Å². The Bertz CT molecular complexity index is 519. The number of nitrogens with zero attached hydrogens (tertiary/aromatic N) is 1. The number of fused-ring (bicyclic) bond motifs is 1. The number of hydrogen-bond acceptors (Lipinski definition) is 4. The number of para-hydroxylation sites is 1. The van der Waals surface area contributed by atoms with Crippen molar-refractivity contribution in [2.45, 2.75) is 12.3 Å². The Labute approximate surface area is 97.8 Å². The maximum Gasteiger partial charge on any atom is 0.311 e. The van der Waals surface area contributed by atoms with E-state index in [-0.39, 0.29) is 6.42 Å². The van der Waals surface area contributed by atoms with Crippen LogP contribution in [0.2, 0.25) is 0 Å². The zero-order chi connectivity index (χ0) is 12.4. The van der Waals surface area contributed by atoms with Crippen LogP contribution in [-0.4, -0.2) is 11.9 Å². The molecule has 1 amide bonds. The molecule has 0 fully saturated rings. The van der Waals surface area contributed by atoms with Crippen LogP contribution in [-0.2, 0) is 9.59 Å². The highest BCUT2D eigenvalue weighted by Gasteiger charge is 2.35. The first kappa shape index (κ1) is 11.1. The van der Waals surface area contributed by atoms with Gasteiger partial charge in [-0.2, -0.15) is 5.26 Å². The van der Waals surface area contributed by atoms with Gasteiger partial charge in [0.05, 0.1) is 12.5 Å². The topological polar surface area (TPSA) is 93.2 Å². The van der Waals surface area contributed by atoms with Crippen LogP contribution >= 0.6 is 0 Å². The molecule has 0 spiro atoms. The summed E-state index contributed by atoms with van der Waals surface area (Å²) in [5.41, 5.74) is 5.85. The van der Waals surface area contributed by atoms with Crippen molar-refractivity contribution in [3.8, 4) is 11.8 Å². The molecule has 0 unspecified atom stereocenters. The lowest BCUT2D eigenvalue weighted by molar-refractivity contribution is -0.136. The molecule has 0 saturated carbocycles. The molecule has 0 aliphatic carbocycles. The third kappa shape index (κ3) is 1.97. The van der Waals surface area contributed by atoms with Crippen molar-refractivity contribution >= 4 is 11.9 Å². The predicted octanol–water partition coefficient (Wildman–Crippen LogP) is 0.704. The van der Waals surface area contributed by atoms with Crippen molar-refractivity contribution < 1.29 is 14.3 Å². The van der Waals surface area contributed by atoms with E-state index in [0.717, 1.165) is 0 Å². The average Bonchev–Trinajstić information content (AvgIpc) is 2.29. The Morgan fingerprint density at radius 3 is 2.88 bits per heavy atom. The molecule has 0 saturated heterocycles. The first-order chi connectivity index (χ1) is 8.13. The Morgan fingerprint density at radius 1 is 1.53 bits per heavy atom. The first-order valence-electron chi connectivity index (χ1n) is 5.12. The summed E-state index contributed by atoms with van der Waals surface area (Å²) in [5.74, 6) is -2.30. The van der Waals surface area contributed by atoms with E-state index >= 15 is 0 Å². The molecular weight excluding hydrogens is 220 g/mol. The standard InChI is InChI=1S/C12H10N2O3/c13-6-9(12(14)16)8-5-11(15)17-10-4-2-1-3-7(8)10/h1-4,8-9H,5H2,(H2,14,16)/t8-,9+/m1/s1. The second-order valence-electron chi connectivity index (χ2n) is 3.83. The molecule has 1 aromatic carbocycles. The number of nitriles is 1. The van der Waals surface area contributed by atoms with E-state index < -0.39 is 23.7 Å². The summed E-state index contributed by atoms with van der Waals surface area (Å²) in [5, 5.41) is 8.96. The van der Waals surface area contributed by atoms with Crippen molar-refractivity contribution in [1.29, 1.82) is 5.26 Å². The van der Waals surface area contributed by atoms with Gasteiger partial charge in [0.1, 0.15) is 11.7 Å². The molecule has 17 heavy (non-hydrogen) atoms. The lowest BCUT2D eigenvalue weighted by atomic mass is 9.82. The van der Waals surface area contributed by atoms with E-state index in [1.54, 1.807) is 24.3 Å². The quantitative estimate of drug-likeness (QED) is 0.597. The van der Waals surface area contributed by atoms with Crippen molar-refractivity contribution in [2.75, 3.05) is 0 Å². The highest BCUT2D eigenvalue weighted by molar-refractivity contribution is 5.84. The number of hydrogen-bond donors (Lipinski definition) is 1. The highest BCUT2D eigenvalue weighted by atomic mass is 16.5. The number of primary amides is 1. The summed E-state index contributed by atoms with van der Waals surface area (Å²) in [6.07, 6.45) is -0.00181. The minimum atomic E-state index is -1.01. The normalized spacial score (nSPS) is 19.7. The molecule has 1 aliphatic rings. The minimum Gasteiger partial charge on any atom is -0.426 e. The molecule has 5 heteroatoms. The van der Waals surface area contributed by atoms with E-state index in [4.69, 9.17) is 15.7 Å². The number of benzene rings is 1. The lowest BCUT2D eigenvalue weighted by Crippen LogP contribution is -2.32.